The number of pyridine rings is 1. The third-order valence-corrected chi connectivity index (χ3v) is 5.06. The number of imide groups is 1. The van der Waals surface area contributed by atoms with Crippen LogP contribution in [-0.4, -0.2) is 63.5 Å². The molecule has 0 aromatic carbocycles. The molecule has 0 aliphatic carbocycles. The summed E-state index contributed by atoms with van der Waals surface area (Å²) in [6, 6.07) is -0.946. The van der Waals surface area contributed by atoms with Crippen LogP contribution in [-0.2, 0) is 24.2 Å². The Morgan fingerprint density at radius 1 is 1.35 bits per heavy atom. The van der Waals surface area contributed by atoms with E-state index in [1.165, 1.54) is 17.5 Å². The van der Waals surface area contributed by atoms with Crippen LogP contribution in [0, 0.1) is 6.92 Å². The van der Waals surface area contributed by atoms with Crippen LogP contribution in [0.3, 0.4) is 0 Å². The zero-order valence-electron chi connectivity index (χ0n) is 14.9. The van der Waals surface area contributed by atoms with E-state index >= 15 is 0 Å². The van der Waals surface area contributed by atoms with Crippen molar-refractivity contribution in [2.75, 3.05) is 20.6 Å². The molecule has 0 spiro atoms. The molecule has 1 saturated heterocycles. The lowest BCUT2D eigenvalue weighted by molar-refractivity contribution is -0.127. The first-order chi connectivity index (χ1) is 12.5. The van der Waals surface area contributed by atoms with Crippen LogP contribution >= 0.6 is 0 Å². The molecule has 0 saturated carbocycles. The summed E-state index contributed by atoms with van der Waals surface area (Å²) in [5, 5.41) is 7.44. The van der Waals surface area contributed by atoms with Crippen LogP contribution in [0.15, 0.2) is 10.7 Å². The monoisotopic (exact) mass is 356 g/mol. The molecule has 1 fully saturated rings. The van der Waals surface area contributed by atoms with Gasteiger partial charge >= 0.3 is 6.03 Å². The van der Waals surface area contributed by atoms with Crippen molar-refractivity contribution in [2.45, 2.75) is 32.4 Å². The van der Waals surface area contributed by atoms with Crippen molar-refractivity contribution in [1.29, 1.82) is 0 Å². The number of nitrogens with one attached hydrogen (secondary N) is 1. The number of carbonyl (C=O) groups excluding carboxylic acids is 2. The number of urea groups is 1. The summed E-state index contributed by atoms with van der Waals surface area (Å²) in [5.41, 5.74) is 4.08. The smallest absolute Gasteiger partial charge is 0.326 e. The van der Waals surface area contributed by atoms with Crippen LogP contribution in [0.25, 0.3) is 11.4 Å². The van der Waals surface area contributed by atoms with Crippen molar-refractivity contribution in [1.82, 2.24) is 30.2 Å². The first-order valence-electron chi connectivity index (χ1n) is 8.52. The number of likely N-dealkylation sites (N-methyl/N-ethyl adjacent to an activating group) is 2. The topological polar surface area (TPSA) is 104 Å². The third kappa shape index (κ3) is 2.55. The minimum atomic E-state index is -0.617. The second-order valence-corrected chi connectivity index (χ2v) is 6.67. The van der Waals surface area contributed by atoms with Gasteiger partial charge in [-0.25, -0.2) is 4.79 Å². The largest absolute Gasteiger partial charge is 0.339 e. The van der Waals surface area contributed by atoms with Gasteiger partial charge in [0.15, 0.2) is 0 Å². The Morgan fingerprint density at radius 3 is 2.88 bits per heavy atom. The Morgan fingerprint density at radius 2 is 2.15 bits per heavy atom. The molecule has 2 aromatic heterocycles. The maximum atomic E-state index is 12.2. The molecule has 1 N–H and O–H groups in total. The molecular weight excluding hydrogens is 336 g/mol. The van der Waals surface area contributed by atoms with Gasteiger partial charge in [-0.05, 0) is 31.0 Å². The standard InChI is InChI=1S/C17H20N6O3/c1-9-14(11-4-5-18-7-10(11)8-19-9)15-20-13(26-21-15)6-12-16(24)23(3)17(25)22(12)2/h8,12,18H,4-7H2,1-3H3/t12-/m0/s1. The van der Waals surface area contributed by atoms with Gasteiger partial charge in [0.25, 0.3) is 5.91 Å². The van der Waals surface area contributed by atoms with Crippen LogP contribution in [0.4, 0.5) is 4.79 Å². The van der Waals surface area contributed by atoms with Crippen LogP contribution in [0.1, 0.15) is 22.7 Å². The maximum absolute atomic E-state index is 12.2. The van der Waals surface area contributed by atoms with Gasteiger partial charge in [0.1, 0.15) is 6.04 Å². The summed E-state index contributed by atoms with van der Waals surface area (Å²) in [6.07, 6.45) is 2.96. The average molecular weight is 356 g/mol. The van der Waals surface area contributed by atoms with Crippen LogP contribution < -0.4 is 5.32 Å². The van der Waals surface area contributed by atoms with Gasteiger partial charge in [-0.3, -0.25) is 14.7 Å². The molecule has 0 bridgehead atoms. The predicted molar refractivity (Wildman–Crippen MR) is 91.1 cm³/mol. The van der Waals surface area contributed by atoms with Gasteiger partial charge in [0.05, 0.1) is 6.42 Å². The fourth-order valence-corrected chi connectivity index (χ4v) is 3.55. The van der Waals surface area contributed by atoms with Crippen molar-refractivity contribution in [3.8, 4) is 11.4 Å². The summed E-state index contributed by atoms with van der Waals surface area (Å²) in [4.78, 5) is 35.5. The molecule has 9 nitrogen and oxygen atoms in total. The van der Waals surface area contributed by atoms with E-state index in [0.717, 1.165) is 41.2 Å². The van der Waals surface area contributed by atoms with E-state index in [2.05, 4.69) is 20.4 Å². The van der Waals surface area contributed by atoms with Crippen molar-refractivity contribution < 1.29 is 14.1 Å². The zero-order chi connectivity index (χ0) is 18.4. The quantitative estimate of drug-likeness (QED) is 0.800. The van der Waals surface area contributed by atoms with Gasteiger partial charge in [0, 0.05) is 38.1 Å². The van der Waals surface area contributed by atoms with E-state index in [1.807, 2.05) is 13.1 Å². The summed E-state index contributed by atoms with van der Waals surface area (Å²) in [6.45, 7) is 3.59. The van der Waals surface area contributed by atoms with E-state index in [9.17, 15) is 9.59 Å². The Hall–Kier alpha value is -2.81. The maximum Gasteiger partial charge on any atom is 0.326 e. The second kappa shape index (κ2) is 6.17. The Balaban J connectivity index is 1.64. The highest BCUT2D eigenvalue weighted by molar-refractivity contribution is 6.03. The van der Waals surface area contributed by atoms with Crippen molar-refractivity contribution in [3.05, 3.63) is 28.9 Å². The molecule has 3 amide bonds. The average Bonchev–Trinajstić information content (AvgIpc) is 3.17. The predicted octanol–water partition coefficient (Wildman–Crippen LogP) is 0.521. The minimum absolute atomic E-state index is 0.196. The lowest BCUT2D eigenvalue weighted by Gasteiger charge is -2.19. The Kier molecular flexibility index (Phi) is 3.95. The summed E-state index contributed by atoms with van der Waals surface area (Å²) in [5.74, 6) is 0.550. The fourth-order valence-electron chi connectivity index (χ4n) is 3.55. The fraction of sp³-hybridized carbons (Fsp3) is 0.471. The number of amides is 3. The van der Waals surface area contributed by atoms with Crippen LogP contribution in [0.2, 0.25) is 0 Å². The normalized spacial score (nSPS) is 20.0. The van der Waals surface area contributed by atoms with Gasteiger partial charge < -0.3 is 14.7 Å². The van der Waals surface area contributed by atoms with Crippen LogP contribution in [0.5, 0.6) is 0 Å². The Labute approximate surface area is 150 Å². The second-order valence-electron chi connectivity index (χ2n) is 6.67. The van der Waals surface area contributed by atoms with Gasteiger partial charge in [0.2, 0.25) is 11.7 Å². The molecule has 0 radical (unpaired) electrons. The molecular formula is C17H20N6O3. The number of rotatable bonds is 3. The first kappa shape index (κ1) is 16.6. The number of fused-ring (bicyclic) bond motifs is 1. The lowest BCUT2D eigenvalue weighted by Crippen LogP contribution is -2.33. The highest BCUT2D eigenvalue weighted by Gasteiger charge is 2.41. The molecule has 136 valence electrons. The number of hydrogen-bond donors (Lipinski definition) is 1. The first-order valence-corrected chi connectivity index (χ1v) is 8.52. The van der Waals surface area contributed by atoms with E-state index < -0.39 is 6.04 Å². The Bertz CT molecular complexity index is 893. The SMILES string of the molecule is Cc1ncc2c(c1-c1noc(C[C@H]3C(=O)N(C)C(=O)N3C)n1)CCNC2. The molecule has 2 aliphatic rings. The molecule has 0 unspecified atom stereocenters. The summed E-state index contributed by atoms with van der Waals surface area (Å²) < 4.78 is 5.38. The number of aryl methyl sites for hydroxylation is 1. The number of carbonyl (C=O) groups is 2. The molecule has 4 rings (SSSR count). The molecule has 2 aliphatic heterocycles. The van der Waals surface area contributed by atoms with Gasteiger partial charge in [-0.2, -0.15) is 4.98 Å². The van der Waals surface area contributed by atoms with E-state index in [1.54, 1.807) is 7.05 Å². The number of hydrogen-bond acceptors (Lipinski definition) is 7. The highest BCUT2D eigenvalue weighted by atomic mass is 16.5. The highest BCUT2D eigenvalue weighted by Crippen LogP contribution is 2.29. The van der Waals surface area contributed by atoms with E-state index in [0.29, 0.717) is 11.7 Å². The molecule has 2 aromatic rings. The summed E-state index contributed by atoms with van der Waals surface area (Å²) in [7, 11) is 3.07. The number of aromatic nitrogens is 3. The van der Waals surface area contributed by atoms with Gasteiger partial charge in [-0.15, -0.1) is 0 Å². The minimum Gasteiger partial charge on any atom is -0.339 e. The molecule has 4 heterocycles. The summed E-state index contributed by atoms with van der Waals surface area (Å²) >= 11 is 0. The van der Waals surface area contributed by atoms with Crippen molar-refractivity contribution in [3.63, 3.8) is 0 Å². The molecule has 26 heavy (non-hydrogen) atoms. The number of nitrogens with zero attached hydrogens (tertiary/aromatic N) is 5. The van der Waals surface area contributed by atoms with Crippen molar-refractivity contribution >= 4 is 11.9 Å². The van der Waals surface area contributed by atoms with Gasteiger partial charge in [-0.1, -0.05) is 5.16 Å². The molecule has 9 heteroatoms. The van der Waals surface area contributed by atoms with E-state index in [4.69, 9.17) is 4.52 Å². The third-order valence-electron chi connectivity index (χ3n) is 5.06. The molecule has 1 atom stereocenters. The zero-order valence-corrected chi connectivity index (χ0v) is 14.9. The van der Waals surface area contributed by atoms with Crippen molar-refractivity contribution in [2.24, 2.45) is 0 Å². The van der Waals surface area contributed by atoms with E-state index in [-0.39, 0.29) is 18.4 Å². The lowest BCUT2D eigenvalue weighted by atomic mass is 9.95.